The van der Waals surface area contributed by atoms with Crippen molar-refractivity contribution in [2.75, 3.05) is 0 Å². The van der Waals surface area contributed by atoms with Crippen LogP contribution in [0.5, 0.6) is 0 Å². The van der Waals surface area contributed by atoms with Crippen LogP contribution in [0.3, 0.4) is 0 Å². The van der Waals surface area contributed by atoms with Gasteiger partial charge in [-0.3, -0.25) is 0 Å². The molecule has 16 heavy (non-hydrogen) atoms. The summed E-state index contributed by atoms with van der Waals surface area (Å²) in [5.41, 5.74) is 8.25. The Morgan fingerprint density at radius 1 is 1.44 bits per heavy atom. The lowest BCUT2D eigenvalue weighted by atomic mass is 9.78. The van der Waals surface area contributed by atoms with Crippen molar-refractivity contribution in [2.24, 2.45) is 5.73 Å². The molecule has 3 unspecified atom stereocenters. The van der Waals surface area contributed by atoms with Crippen LogP contribution in [0.2, 0.25) is 0 Å². The van der Waals surface area contributed by atoms with Crippen molar-refractivity contribution in [3.05, 3.63) is 35.4 Å². The van der Waals surface area contributed by atoms with Gasteiger partial charge in [0.2, 0.25) is 0 Å². The van der Waals surface area contributed by atoms with Crippen molar-refractivity contribution < 1.29 is 4.39 Å². The molecular weight excluding hydrogens is 201 g/mol. The Hall–Kier alpha value is -1.33. The third kappa shape index (κ3) is 2.10. The predicted octanol–water partition coefficient (Wildman–Crippen LogP) is 2.41. The fraction of sp³-hybridized carbons (Fsp3) is 0.429. The second-order valence-electron chi connectivity index (χ2n) is 4.26. The van der Waals surface area contributed by atoms with Gasteiger partial charge in [0.05, 0.1) is 6.04 Å². The summed E-state index contributed by atoms with van der Waals surface area (Å²) in [6.45, 7) is 1.77. The fourth-order valence-electron chi connectivity index (χ4n) is 2.41. The molecule has 0 saturated carbocycles. The van der Waals surface area contributed by atoms with Crippen LogP contribution in [0.15, 0.2) is 24.3 Å². The van der Waals surface area contributed by atoms with E-state index in [2.05, 4.69) is 11.8 Å². The molecule has 0 spiro atoms. The first kappa shape index (κ1) is 11.2. The molecule has 2 heteroatoms. The van der Waals surface area contributed by atoms with E-state index in [1.807, 2.05) is 24.3 Å². The summed E-state index contributed by atoms with van der Waals surface area (Å²) >= 11 is 0. The number of benzene rings is 1. The molecule has 0 aromatic heterocycles. The highest BCUT2D eigenvalue weighted by atomic mass is 19.1. The van der Waals surface area contributed by atoms with Crippen LogP contribution in [0.1, 0.15) is 30.4 Å². The minimum Gasteiger partial charge on any atom is -0.317 e. The molecule has 0 aliphatic heterocycles. The molecule has 0 bridgehead atoms. The summed E-state index contributed by atoms with van der Waals surface area (Å²) in [6.07, 6.45) is 0.218. The molecule has 1 aliphatic carbocycles. The topological polar surface area (TPSA) is 26.0 Å². The van der Waals surface area contributed by atoms with Crippen LogP contribution < -0.4 is 5.73 Å². The van der Waals surface area contributed by atoms with E-state index in [4.69, 9.17) is 5.73 Å². The lowest BCUT2D eigenvalue weighted by Crippen LogP contribution is -2.33. The molecule has 2 rings (SSSR count). The quantitative estimate of drug-likeness (QED) is 0.718. The average Bonchev–Trinajstić information content (AvgIpc) is 2.28. The van der Waals surface area contributed by atoms with E-state index in [0.717, 1.165) is 5.56 Å². The maximum Gasteiger partial charge on any atom is 0.105 e. The van der Waals surface area contributed by atoms with Crippen molar-refractivity contribution >= 4 is 0 Å². The minimum atomic E-state index is -0.787. The zero-order valence-electron chi connectivity index (χ0n) is 9.41. The summed E-state index contributed by atoms with van der Waals surface area (Å²) in [5, 5.41) is 0. The highest BCUT2D eigenvalue weighted by Crippen LogP contribution is 2.34. The van der Waals surface area contributed by atoms with E-state index >= 15 is 0 Å². The Labute approximate surface area is 95.8 Å². The van der Waals surface area contributed by atoms with E-state index in [0.29, 0.717) is 12.8 Å². The number of hydrogen-bond acceptors (Lipinski definition) is 1. The number of rotatable bonds is 1. The van der Waals surface area contributed by atoms with Gasteiger partial charge in [-0.2, -0.15) is 0 Å². The number of alkyl halides is 1. The molecule has 3 atom stereocenters. The zero-order chi connectivity index (χ0) is 11.5. The van der Waals surface area contributed by atoms with Gasteiger partial charge >= 0.3 is 0 Å². The highest BCUT2D eigenvalue weighted by Gasteiger charge is 2.29. The molecule has 1 aromatic rings. The van der Waals surface area contributed by atoms with E-state index in [-0.39, 0.29) is 12.0 Å². The summed E-state index contributed by atoms with van der Waals surface area (Å²) in [5.74, 6) is 5.79. The maximum atomic E-state index is 13.6. The van der Waals surface area contributed by atoms with Crippen molar-refractivity contribution in [2.45, 2.75) is 37.9 Å². The molecule has 2 N–H and O–H groups in total. The Morgan fingerprint density at radius 3 is 2.94 bits per heavy atom. The van der Waals surface area contributed by atoms with Crippen molar-refractivity contribution in [1.82, 2.24) is 0 Å². The number of fused-ring (bicyclic) bond motifs is 1. The van der Waals surface area contributed by atoms with Gasteiger partial charge in [0, 0.05) is 12.3 Å². The van der Waals surface area contributed by atoms with Gasteiger partial charge in [-0.1, -0.05) is 30.2 Å². The van der Waals surface area contributed by atoms with Crippen LogP contribution in [0.4, 0.5) is 4.39 Å². The van der Waals surface area contributed by atoms with Crippen LogP contribution in [-0.4, -0.2) is 12.2 Å². The maximum absolute atomic E-state index is 13.6. The molecule has 0 radical (unpaired) electrons. The molecule has 0 heterocycles. The van der Waals surface area contributed by atoms with Crippen molar-refractivity contribution in [1.29, 1.82) is 0 Å². The fourth-order valence-corrected chi connectivity index (χ4v) is 2.41. The average molecular weight is 217 g/mol. The number of halogens is 1. The third-order valence-corrected chi connectivity index (χ3v) is 3.15. The lowest BCUT2D eigenvalue weighted by Gasteiger charge is -2.29. The first-order valence-corrected chi connectivity index (χ1v) is 5.62. The molecule has 1 aliphatic rings. The van der Waals surface area contributed by atoms with Gasteiger partial charge in [-0.25, -0.2) is 4.39 Å². The molecule has 1 aromatic carbocycles. The standard InChI is InChI=1S/C14H16FN/c1-2-5-14(16)13-9-11(15)8-10-6-3-4-7-12(10)13/h3-4,6-7,11,13-14H,8-9,16H2,1H3. The van der Waals surface area contributed by atoms with Gasteiger partial charge in [0.15, 0.2) is 0 Å². The van der Waals surface area contributed by atoms with Crippen molar-refractivity contribution in [3.8, 4) is 11.8 Å². The van der Waals surface area contributed by atoms with Gasteiger partial charge < -0.3 is 5.73 Å². The van der Waals surface area contributed by atoms with Crippen LogP contribution in [0.25, 0.3) is 0 Å². The first-order valence-electron chi connectivity index (χ1n) is 5.62. The van der Waals surface area contributed by atoms with Gasteiger partial charge in [0.1, 0.15) is 6.17 Å². The summed E-state index contributed by atoms with van der Waals surface area (Å²) in [7, 11) is 0. The largest absolute Gasteiger partial charge is 0.317 e. The van der Waals surface area contributed by atoms with Crippen LogP contribution in [-0.2, 0) is 6.42 Å². The summed E-state index contributed by atoms with van der Waals surface area (Å²) in [6, 6.07) is 7.70. The SMILES string of the molecule is CC#CC(N)C1CC(F)Cc2ccccc21. The van der Waals surface area contributed by atoms with Gasteiger partial charge in [-0.15, -0.1) is 5.92 Å². The highest BCUT2D eigenvalue weighted by molar-refractivity contribution is 5.36. The van der Waals surface area contributed by atoms with E-state index in [1.165, 1.54) is 5.56 Å². The second kappa shape index (κ2) is 4.67. The molecular formula is C14H16FN. The lowest BCUT2D eigenvalue weighted by molar-refractivity contribution is 0.272. The Balaban J connectivity index is 2.35. The van der Waals surface area contributed by atoms with Gasteiger partial charge in [-0.05, 0) is 24.5 Å². The van der Waals surface area contributed by atoms with Crippen molar-refractivity contribution in [3.63, 3.8) is 0 Å². The van der Waals surface area contributed by atoms with E-state index in [9.17, 15) is 4.39 Å². The van der Waals surface area contributed by atoms with E-state index in [1.54, 1.807) is 6.92 Å². The number of nitrogens with two attached hydrogens (primary N) is 1. The Kier molecular flexibility index (Phi) is 3.26. The second-order valence-corrected chi connectivity index (χ2v) is 4.26. The summed E-state index contributed by atoms with van der Waals surface area (Å²) < 4.78 is 13.6. The minimum absolute atomic E-state index is 0.0346. The molecule has 84 valence electrons. The summed E-state index contributed by atoms with van der Waals surface area (Å²) in [4.78, 5) is 0. The predicted molar refractivity (Wildman–Crippen MR) is 63.8 cm³/mol. The molecule has 0 amide bonds. The Bertz CT molecular complexity index is 430. The normalized spacial score (nSPS) is 25.2. The molecule has 0 saturated heterocycles. The van der Waals surface area contributed by atoms with Gasteiger partial charge in [0.25, 0.3) is 0 Å². The molecule has 0 fully saturated rings. The van der Waals surface area contributed by atoms with Crippen LogP contribution in [0, 0.1) is 11.8 Å². The monoisotopic (exact) mass is 217 g/mol. The van der Waals surface area contributed by atoms with Crippen LogP contribution >= 0.6 is 0 Å². The van der Waals surface area contributed by atoms with E-state index < -0.39 is 6.17 Å². The first-order chi connectivity index (χ1) is 7.72. The zero-order valence-corrected chi connectivity index (χ0v) is 9.41. The smallest absolute Gasteiger partial charge is 0.105 e. The molecule has 1 nitrogen and oxygen atoms in total. The third-order valence-electron chi connectivity index (χ3n) is 3.15. The Morgan fingerprint density at radius 2 is 2.19 bits per heavy atom. The number of hydrogen-bond donors (Lipinski definition) is 1.